The molecule has 3 rings (SSSR count). The minimum absolute atomic E-state index is 0.0135. The molecule has 1 aliphatic rings. The molecule has 1 aliphatic carbocycles. The van der Waals surface area contributed by atoms with Crippen LogP contribution in [0.2, 0.25) is 0 Å². The van der Waals surface area contributed by atoms with Gasteiger partial charge in [-0.15, -0.1) is 0 Å². The topological polar surface area (TPSA) is 110 Å². The Morgan fingerprint density at radius 2 is 2.42 bits per heavy atom. The Balaban J connectivity index is 2.10. The van der Waals surface area contributed by atoms with Crippen molar-refractivity contribution >= 4 is 17.1 Å². The lowest BCUT2D eigenvalue weighted by Crippen LogP contribution is -2.13. The van der Waals surface area contributed by atoms with Crippen LogP contribution < -0.4 is 11.3 Å². The van der Waals surface area contributed by atoms with Crippen LogP contribution in [0.25, 0.3) is 11.2 Å². The van der Waals surface area contributed by atoms with Crippen molar-refractivity contribution in [2.75, 3.05) is 12.3 Å². The molecule has 4 N–H and O–H groups in total. The summed E-state index contributed by atoms with van der Waals surface area (Å²) in [6.07, 6.45) is 3.24. The third kappa shape index (κ3) is 1.80. The Morgan fingerprint density at radius 1 is 1.63 bits per heavy atom. The van der Waals surface area contributed by atoms with Gasteiger partial charge in [0.15, 0.2) is 11.2 Å². The summed E-state index contributed by atoms with van der Waals surface area (Å²) in [7, 11) is 0. The van der Waals surface area contributed by atoms with Crippen LogP contribution in [-0.2, 0) is 0 Å². The Morgan fingerprint density at radius 3 is 3.11 bits per heavy atom. The number of nitrogens with one attached hydrogen (secondary N) is 1. The fraction of sp³-hybridized carbons (Fsp3) is 0.364. The Hall–Kier alpha value is -2.22. The van der Waals surface area contributed by atoms with Gasteiger partial charge in [0.25, 0.3) is 5.56 Å². The van der Waals surface area contributed by atoms with Crippen LogP contribution >= 0.6 is 0 Å². The highest BCUT2D eigenvalue weighted by atomic mass is 19.1. The molecule has 19 heavy (non-hydrogen) atoms. The summed E-state index contributed by atoms with van der Waals surface area (Å²) in [6, 6.07) is -0.323. The molecule has 0 amide bonds. The lowest BCUT2D eigenvalue weighted by atomic mass is 10.1. The summed E-state index contributed by atoms with van der Waals surface area (Å²) in [5.41, 5.74) is 5.54. The molecule has 2 atom stereocenters. The molecule has 0 saturated carbocycles. The van der Waals surface area contributed by atoms with Gasteiger partial charge in [0.1, 0.15) is 5.83 Å². The highest BCUT2D eigenvalue weighted by molar-refractivity contribution is 5.70. The van der Waals surface area contributed by atoms with Crippen LogP contribution in [0.5, 0.6) is 0 Å². The average molecular weight is 265 g/mol. The van der Waals surface area contributed by atoms with Crippen molar-refractivity contribution in [3.63, 3.8) is 0 Å². The standard InChI is InChI=1S/C11H12FN5O2/c12-7-2-6(1-5(7)3-18)17-4-14-8-9(17)15-11(13)16-10(8)19/h2,4-6,18H,1,3H2,(H3,13,15,16,19)/t5-,6+/m1/s1. The maximum absolute atomic E-state index is 13.5. The second-order valence-electron chi connectivity index (χ2n) is 4.51. The van der Waals surface area contributed by atoms with Gasteiger partial charge in [0, 0.05) is 5.92 Å². The summed E-state index contributed by atoms with van der Waals surface area (Å²) >= 11 is 0. The molecular weight excluding hydrogens is 253 g/mol. The molecule has 7 nitrogen and oxygen atoms in total. The third-order valence-electron chi connectivity index (χ3n) is 3.30. The van der Waals surface area contributed by atoms with Crippen molar-refractivity contribution < 1.29 is 9.50 Å². The lowest BCUT2D eigenvalue weighted by Gasteiger charge is -2.11. The zero-order valence-electron chi connectivity index (χ0n) is 9.88. The third-order valence-corrected chi connectivity index (χ3v) is 3.30. The number of nitrogen functional groups attached to an aromatic ring is 1. The Labute approximate surface area is 106 Å². The molecule has 0 saturated heterocycles. The van der Waals surface area contributed by atoms with E-state index in [1.807, 2.05) is 0 Å². The van der Waals surface area contributed by atoms with Crippen molar-refractivity contribution in [1.29, 1.82) is 0 Å². The molecule has 0 fully saturated rings. The monoisotopic (exact) mass is 265 g/mol. The fourth-order valence-corrected chi connectivity index (χ4v) is 2.33. The normalized spacial score (nSPS) is 22.9. The lowest BCUT2D eigenvalue weighted by molar-refractivity contribution is 0.224. The number of imidazole rings is 1. The number of allylic oxidation sites excluding steroid dienone is 1. The number of halogens is 1. The van der Waals surface area contributed by atoms with Gasteiger partial charge in [-0.2, -0.15) is 4.98 Å². The molecule has 0 aliphatic heterocycles. The summed E-state index contributed by atoms with van der Waals surface area (Å²) in [5.74, 6) is -0.880. The smallest absolute Gasteiger partial charge is 0.280 e. The molecule has 8 heteroatoms. The van der Waals surface area contributed by atoms with E-state index in [2.05, 4.69) is 15.0 Å². The van der Waals surface area contributed by atoms with Crippen molar-refractivity contribution in [2.24, 2.45) is 5.92 Å². The van der Waals surface area contributed by atoms with E-state index in [1.54, 1.807) is 4.57 Å². The molecule has 0 bridgehead atoms. The maximum atomic E-state index is 13.5. The highest BCUT2D eigenvalue weighted by Crippen LogP contribution is 2.35. The molecule has 0 aromatic carbocycles. The van der Waals surface area contributed by atoms with E-state index in [0.29, 0.717) is 12.1 Å². The van der Waals surface area contributed by atoms with Crippen molar-refractivity contribution in [2.45, 2.75) is 12.5 Å². The van der Waals surface area contributed by atoms with Crippen molar-refractivity contribution in [3.8, 4) is 0 Å². The van der Waals surface area contributed by atoms with Gasteiger partial charge in [0.05, 0.1) is 19.0 Å². The van der Waals surface area contributed by atoms with Gasteiger partial charge in [0.2, 0.25) is 5.95 Å². The van der Waals surface area contributed by atoms with Gasteiger partial charge in [-0.25, -0.2) is 9.37 Å². The van der Waals surface area contributed by atoms with E-state index < -0.39 is 11.5 Å². The minimum atomic E-state index is -0.512. The number of aromatic amines is 1. The number of nitrogens with two attached hydrogens (primary N) is 1. The van der Waals surface area contributed by atoms with E-state index in [4.69, 9.17) is 10.8 Å². The summed E-state index contributed by atoms with van der Waals surface area (Å²) in [6.45, 7) is -0.248. The van der Waals surface area contributed by atoms with E-state index in [0.717, 1.165) is 0 Å². The quantitative estimate of drug-likeness (QED) is 0.713. The van der Waals surface area contributed by atoms with Gasteiger partial charge in [-0.05, 0) is 12.5 Å². The fourth-order valence-electron chi connectivity index (χ4n) is 2.33. The number of fused-ring (bicyclic) bond motifs is 1. The van der Waals surface area contributed by atoms with Crippen LogP contribution in [-0.4, -0.2) is 31.2 Å². The summed E-state index contributed by atoms with van der Waals surface area (Å²) < 4.78 is 15.1. The number of rotatable bonds is 2. The second kappa shape index (κ2) is 4.16. The van der Waals surface area contributed by atoms with Crippen LogP contribution in [0.4, 0.5) is 10.3 Å². The number of aliphatic hydroxyl groups excluding tert-OH is 1. The van der Waals surface area contributed by atoms with E-state index in [9.17, 15) is 9.18 Å². The van der Waals surface area contributed by atoms with E-state index in [1.165, 1.54) is 12.4 Å². The molecule has 2 aromatic rings. The second-order valence-corrected chi connectivity index (χ2v) is 4.51. The first-order chi connectivity index (χ1) is 9.10. The Bertz CT molecular complexity index is 719. The highest BCUT2D eigenvalue weighted by Gasteiger charge is 2.28. The van der Waals surface area contributed by atoms with Crippen molar-refractivity contribution in [1.82, 2.24) is 19.5 Å². The number of aromatic nitrogens is 4. The van der Waals surface area contributed by atoms with Gasteiger partial charge < -0.3 is 15.4 Å². The van der Waals surface area contributed by atoms with Crippen LogP contribution in [0.3, 0.4) is 0 Å². The van der Waals surface area contributed by atoms with Gasteiger partial charge in [-0.3, -0.25) is 9.78 Å². The average Bonchev–Trinajstić information content (AvgIpc) is 2.92. The number of H-pyrrole nitrogens is 1. The van der Waals surface area contributed by atoms with Crippen LogP contribution in [0.15, 0.2) is 23.0 Å². The number of anilines is 1. The Kier molecular flexibility index (Phi) is 2.59. The minimum Gasteiger partial charge on any atom is -0.396 e. The molecule has 100 valence electrons. The molecule has 0 spiro atoms. The first-order valence-corrected chi connectivity index (χ1v) is 5.80. The number of nitrogens with zero attached hydrogens (tertiary/aromatic N) is 3. The van der Waals surface area contributed by atoms with Crippen LogP contribution in [0, 0.1) is 5.92 Å². The first kappa shape index (κ1) is 11.8. The van der Waals surface area contributed by atoms with E-state index >= 15 is 0 Å². The molecular formula is C11H12FN5O2. The zero-order valence-corrected chi connectivity index (χ0v) is 9.88. The number of hydrogen-bond donors (Lipinski definition) is 3. The number of hydrogen-bond acceptors (Lipinski definition) is 5. The summed E-state index contributed by atoms with van der Waals surface area (Å²) in [4.78, 5) is 22.0. The SMILES string of the molecule is Nc1nc2c(ncn2[C@@H]2C=C(F)[C@@H](CO)C2)c(=O)[nH]1. The van der Waals surface area contributed by atoms with Gasteiger partial charge >= 0.3 is 0 Å². The largest absolute Gasteiger partial charge is 0.396 e. The predicted octanol–water partition coefficient (Wildman–Crippen LogP) is 0.108. The van der Waals surface area contributed by atoms with Crippen LogP contribution in [0.1, 0.15) is 12.5 Å². The summed E-state index contributed by atoms with van der Waals surface area (Å²) in [5, 5.41) is 9.06. The van der Waals surface area contributed by atoms with E-state index in [-0.39, 0.29) is 29.9 Å². The zero-order chi connectivity index (χ0) is 13.6. The molecule has 2 heterocycles. The molecule has 0 unspecified atom stereocenters. The molecule has 2 aromatic heterocycles. The number of aliphatic hydroxyl groups is 1. The maximum Gasteiger partial charge on any atom is 0.280 e. The van der Waals surface area contributed by atoms with Crippen molar-refractivity contribution in [3.05, 3.63) is 28.6 Å². The molecule has 0 radical (unpaired) electrons. The first-order valence-electron chi connectivity index (χ1n) is 5.80. The predicted molar refractivity (Wildman–Crippen MR) is 66.0 cm³/mol. The van der Waals surface area contributed by atoms with Gasteiger partial charge in [-0.1, -0.05) is 0 Å².